The molecule has 0 radical (unpaired) electrons. The summed E-state index contributed by atoms with van der Waals surface area (Å²) in [6.45, 7) is -0.194. The van der Waals surface area contributed by atoms with E-state index < -0.39 is 10.0 Å². The van der Waals surface area contributed by atoms with Crippen molar-refractivity contribution in [2.24, 2.45) is 0 Å². The number of sulfonamides is 1. The molecule has 0 spiro atoms. The van der Waals surface area contributed by atoms with E-state index in [-0.39, 0.29) is 16.5 Å². The third kappa shape index (κ3) is 3.24. The van der Waals surface area contributed by atoms with Crippen molar-refractivity contribution in [3.8, 4) is 5.75 Å². The summed E-state index contributed by atoms with van der Waals surface area (Å²) < 4.78 is 32.1. The van der Waals surface area contributed by atoms with Crippen LogP contribution in [0.5, 0.6) is 5.75 Å². The van der Waals surface area contributed by atoms with Crippen LogP contribution < -0.4 is 9.46 Å². The van der Waals surface area contributed by atoms with Gasteiger partial charge < -0.3 is 9.84 Å². The molecular weight excluding hydrogens is 322 g/mol. The maximum absolute atomic E-state index is 12.2. The second-order valence-electron chi connectivity index (χ2n) is 3.83. The normalized spacial score (nSPS) is 11.3. The Morgan fingerprint density at radius 1 is 1.35 bits per heavy atom. The summed E-state index contributed by atoms with van der Waals surface area (Å²) in [5.74, 6) is 0.372. The molecule has 20 heavy (non-hydrogen) atoms. The Hall–Kier alpha value is -1.28. The van der Waals surface area contributed by atoms with E-state index in [0.717, 1.165) is 11.3 Å². The molecular formula is C12H12ClNO4S2. The number of methoxy groups -OCH3 is 1. The van der Waals surface area contributed by atoms with Crippen LogP contribution in [0.2, 0.25) is 5.02 Å². The topological polar surface area (TPSA) is 75.6 Å². The number of hydrogen-bond acceptors (Lipinski definition) is 5. The Kier molecular flexibility index (Phi) is 4.54. The quantitative estimate of drug-likeness (QED) is 0.882. The highest BCUT2D eigenvalue weighted by Gasteiger charge is 2.19. The first kappa shape index (κ1) is 15.1. The van der Waals surface area contributed by atoms with E-state index in [1.165, 1.54) is 19.2 Å². The van der Waals surface area contributed by atoms with E-state index in [1.807, 2.05) is 0 Å². The summed E-state index contributed by atoms with van der Waals surface area (Å²) in [5, 5.41) is 9.38. The van der Waals surface area contributed by atoms with Crippen LogP contribution in [0.4, 0.5) is 5.69 Å². The Morgan fingerprint density at radius 2 is 2.10 bits per heavy atom. The molecule has 2 aromatic rings. The van der Waals surface area contributed by atoms with Gasteiger partial charge >= 0.3 is 0 Å². The minimum Gasteiger partial charge on any atom is -0.495 e. The van der Waals surface area contributed by atoms with Crippen LogP contribution in [-0.2, 0) is 16.6 Å². The van der Waals surface area contributed by atoms with Crippen molar-refractivity contribution in [3.05, 3.63) is 40.2 Å². The highest BCUT2D eigenvalue weighted by molar-refractivity contribution is 7.94. The number of anilines is 1. The zero-order chi connectivity index (χ0) is 14.8. The minimum atomic E-state index is -3.73. The minimum absolute atomic E-state index is 0.114. The zero-order valence-corrected chi connectivity index (χ0v) is 12.8. The van der Waals surface area contributed by atoms with Gasteiger partial charge in [0, 0.05) is 9.90 Å². The van der Waals surface area contributed by atoms with Crippen LogP contribution in [-0.4, -0.2) is 20.6 Å². The van der Waals surface area contributed by atoms with Gasteiger partial charge in [-0.05, 0) is 30.3 Å². The number of halogens is 1. The van der Waals surface area contributed by atoms with E-state index in [4.69, 9.17) is 21.4 Å². The SMILES string of the molecule is COc1ccc(Cl)cc1NS(=O)(=O)c1ccc(CO)s1. The van der Waals surface area contributed by atoms with Crippen molar-refractivity contribution in [2.75, 3.05) is 11.8 Å². The number of hydrogen-bond donors (Lipinski definition) is 2. The fraction of sp³-hybridized carbons (Fsp3) is 0.167. The Morgan fingerprint density at radius 3 is 2.70 bits per heavy atom. The summed E-state index contributed by atoms with van der Waals surface area (Å²) in [6.07, 6.45) is 0. The van der Waals surface area contributed by atoms with Crippen LogP contribution in [0.3, 0.4) is 0 Å². The van der Waals surface area contributed by atoms with Gasteiger partial charge in [-0.15, -0.1) is 11.3 Å². The van der Waals surface area contributed by atoms with Gasteiger partial charge in [0.25, 0.3) is 10.0 Å². The summed E-state index contributed by atoms with van der Waals surface area (Å²) in [5.41, 5.74) is 0.263. The third-order valence-corrected chi connectivity index (χ3v) is 5.63. The molecule has 8 heteroatoms. The molecule has 5 nitrogen and oxygen atoms in total. The van der Waals surface area contributed by atoms with Crippen molar-refractivity contribution in [1.29, 1.82) is 0 Å². The third-order valence-electron chi connectivity index (χ3n) is 2.46. The van der Waals surface area contributed by atoms with Crippen LogP contribution in [0.1, 0.15) is 4.88 Å². The van der Waals surface area contributed by atoms with Gasteiger partial charge in [0.2, 0.25) is 0 Å². The molecule has 1 heterocycles. The lowest BCUT2D eigenvalue weighted by molar-refractivity contribution is 0.285. The van der Waals surface area contributed by atoms with Crippen molar-refractivity contribution in [3.63, 3.8) is 0 Å². The molecule has 108 valence electrons. The summed E-state index contributed by atoms with van der Waals surface area (Å²) in [4.78, 5) is 0.573. The number of aliphatic hydroxyl groups excluding tert-OH is 1. The van der Waals surface area contributed by atoms with Gasteiger partial charge in [-0.1, -0.05) is 11.6 Å². The molecule has 0 fully saturated rings. The van der Waals surface area contributed by atoms with Gasteiger partial charge in [0.05, 0.1) is 19.4 Å². The molecule has 0 aliphatic rings. The first-order chi connectivity index (χ1) is 9.46. The highest BCUT2D eigenvalue weighted by Crippen LogP contribution is 2.31. The molecule has 0 unspecified atom stereocenters. The fourth-order valence-electron chi connectivity index (χ4n) is 1.54. The maximum atomic E-state index is 12.2. The smallest absolute Gasteiger partial charge is 0.271 e. The molecule has 0 aliphatic heterocycles. The second-order valence-corrected chi connectivity index (χ2v) is 7.34. The molecule has 0 atom stereocenters. The lowest BCUT2D eigenvalue weighted by Gasteiger charge is -2.11. The number of thiophene rings is 1. The first-order valence-corrected chi connectivity index (χ1v) is 8.20. The van der Waals surface area contributed by atoms with Crippen molar-refractivity contribution in [2.45, 2.75) is 10.8 Å². The largest absolute Gasteiger partial charge is 0.495 e. The maximum Gasteiger partial charge on any atom is 0.271 e. The van der Waals surface area contributed by atoms with Gasteiger partial charge in [-0.3, -0.25) is 4.72 Å². The van der Waals surface area contributed by atoms with Gasteiger partial charge in [0.15, 0.2) is 0 Å². The number of nitrogens with one attached hydrogen (secondary N) is 1. The number of ether oxygens (including phenoxy) is 1. The molecule has 2 N–H and O–H groups in total. The lowest BCUT2D eigenvalue weighted by atomic mass is 10.3. The van der Waals surface area contributed by atoms with Crippen LogP contribution in [0, 0.1) is 0 Å². The van der Waals surface area contributed by atoms with E-state index in [2.05, 4.69) is 4.72 Å². The molecule has 2 rings (SSSR count). The summed E-state index contributed by atoms with van der Waals surface area (Å²) in [6, 6.07) is 7.66. The lowest BCUT2D eigenvalue weighted by Crippen LogP contribution is -2.12. The predicted octanol–water partition coefficient (Wildman–Crippen LogP) is 2.70. The molecule has 0 saturated carbocycles. The molecule has 0 amide bonds. The van der Waals surface area contributed by atoms with Gasteiger partial charge in [-0.25, -0.2) is 8.42 Å². The van der Waals surface area contributed by atoms with Crippen molar-refractivity contribution in [1.82, 2.24) is 0 Å². The van der Waals surface area contributed by atoms with E-state index >= 15 is 0 Å². The first-order valence-electron chi connectivity index (χ1n) is 5.52. The van der Waals surface area contributed by atoms with Crippen LogP contribution >= 0.6 is 22.9 Å². The molecule has 0 aliphatic carbocycles. The molecule has 1 aromatic heterocycles. The van der Waals surface area contributed by atoms with Crippen molar-refractivity contribution >= 4 is 38.6 Å². The fourth-order valence-corrected chi connectivity index (χ4v) is 3.99. The monoisotopic (exact) mass is 333 g/mol. The summed E-state index contributed by atoms with van der Waals surface area (Å²) in [7, 11) is -2.29. The Balaban J connectivity index is 2.35. The second kappa shape index (κ2) is 6.01. The zero-order valence-electron chi connectivity index (χ0n) is 10.5. The Labute approximate surface area is 125 Å². The predicted molar refractivity (Wildman–Crippen MR) is 79.1 cm³/mol. The van der Waals surface area contributed by atoms with Gasteiger partial charge in [0.1, 0.15) is 9.96 Å². The highest BCUT2D eigenvalue weighted by atomic mass is 35.5. The number of aliphatic hydroxyl groups is 1. The van der Waals surface area contributed by atoms with Gasteiger partial charge in [-0.2, -0.15) is 0 Å². The summed E-state index contributed by atoms with van der Waals surface area (Å²) >= 11 is 6.86. The van der Waals surface area contributed by atoms with Crippen molar-refractivity contribution < 1.29 is 18.3 Å². The van der Waals surface area contributed by atoms with Crippen LogP contribution in [0.15, 0.2) is 34.5 Å². The Bertz CT molecular complexity index is 712. The van der Waals surface area contributed by atoms with E-state index in [1.54, 1.807) is 18.2 Å². The molecule has 0 saturated heterocycles. The molecule has 0 bridgehead atoms. The number of benzene rings is 1. The molecule has 1 aromatic carbocycles. The van der Waals surface area contributed by atoms with E-state index in [0.29, 0.717) is 15.6 Å². The standard InChI is InChI=1S/C12H12ClNO4S2/c1-18-11-4-2-8(13)6-10(11)14-20(16,17)12-5-3-9(7-15)19-12/h2-6,14-15H,7H2,1H3. The average Bonchev–Trinajstić information content (AvgIpc) is 2.88. The van der Waals surface area contributed by atoms with E-state index in [9.17, 15) is 8.42 Å². The van der Waals surface area contributed by atoms with Crippen LogP contribution in [0.25, 0.3) is 0 Å². The number of rotatable bonds is 5. The average molecular weight is 334 g/mol.